The van der Waals surface area contributed by atoms with Gasteiger partial charge in [-0.3, -0.25) is 4.79 Å². The monoisotopic (exact) mass is 329 g/mol. The van der Waals surface area contributed by atoms with Crippen molar-refractivity contribution in [2.75, 3.05) is 26.2 Å². The van der Waals surface area contributed by atoms with Gasteiger partial charge in [-0.05, 0) is 69.8 Å². The Morgan fingerprint density at radius 3 is 2.50 bits per heavy atom. The van der Waals surface area contributed by atoms with Crippen molar-refractivity contribution in [3.63, 3.8) is 0 Å². The number of nitriles is 1. The molecule has 1 aromatic carbocycles. The average Bonchev–Trinajstić information content (AvgIpc) is 3.14. The van der Waals surface area contributed by atoms with Crippen molar-refractivity contribution < 1.29 is 9.18 Å². The molecular formula is C19H24FN3O. The molecule has 4 nitrogen and oxygen atoms in total. The van der Waals surface area contributed by atoms with E-state index >= 15 is 0 Å². The number of piperidine rings is 1. The van der Waals surface area contributed by atoms with Crippen molar-refractivity contribution in [3.8, 4) is 6.07 Å². The third kappa shape index (κ3) is 3.59. The van der Waals surface area contributed by atoms with E-state index in [4.69, 9.17) is 5.26 Å². The van der Waals surface area contributed by atoms with Crippen molar-refractivity contribution in [1.82, 2.24) is 9.80 Å². The van der Waals surface area contributed by atoms with Gasteiger partial charge in [-0.1, -0.05) is 0 Å². The van der Waals surface area contributed by atoms with Crippen LogP contribution in [0.2, 0.25) is 0 Å². The topological polar surface area (TPSA) is 47.3 Å². The van der Waals surface area contributed by atoms with E-state index in [-0.39, 0.29) is 17.0 Å². The number of benzene rings is 1. The van der Waals surface area contributed by atoms with Crippen molar-refractivity contribution >= 4 is 5.91 Å². The second-order valence-electron chi connectivity index (χ2n) is 6.95. The number of halogens is 1. The molecule has 0 radical (unpaired) electrons. The van der Waals surface area contributed by atoms with Gasteiger partial charge >= 0.3 is 0 Å². The SMILES string of the molecule is CC(C1CCN(C(=O)c2cc(F)cc(C#N)c2)CC1)N1CCCC1. The number of amides is 1. The highest BCUT2D eigenvalue weighted by Gasteiger charge is 2.30. The van der Waals surface area contributed by atoms with Crippen LogP contribution in [-0.2, 0) is 0 Å². The maximum Gasteiger partial charge on any atom is 0.254 e. The van der Waals surface area contributed by atoms with E-state index in [0.717, 1.165) is 18.9 Å². The fraction of sp³-hybridized carbons (Fsp3) is 0.579. The Kier molecular flexibility index (Phi) is 5.15. The average molecular weight is 329 g/mol. The molecule has 0 N–H and O–H groups in total. The van der Waals surface area contributed by atoms with Gasteiger partial charge in [0.1, 0.15) is 5.82 Å². The zero-order chi connectivity index (χ0) is 17.1. The summed E-state index contributed by atoms with van der Waals surface area (Å²) < 4.78 is 13.6. The molecule has 2 aliphatic heterocycles. The molecule has 128 valence electrons. The van der Waals surface area contributed by atoms with E-state index in [1.807, 2.05) is 6.07 Å². The van der Waals surface area contributed by atoms with Crippen LogP contribution in [0.4, 0.5) is 4.39 Å². The molecule has 1 aromatic rings. The minimum Gasteiger partial charge on any atom is -0.339 e. The summed E-state index contributed by atoms with van der Waals surface area (Å²) in [6.45, 7) is 6.11. The molecule has 5 heteroatoms. The first-order valence-corrected chi connectivity index (χ1v) is 8.82. The van der Waals surface area contributed by atoms with Crippen LogP contribution in [0.15, 0.2) is 18.2 Å². The first kappa shape index (κ1) is 16.9. The van der Waals surface area contributed by atoms with Crippen LogP contribution < -0.4 is 0 Å². The van der Waals surface area contributed by atoms with Crippen molar-refractivity contribution in [1.29, 1.82) is 5.26 Å². The van der Waals surface area contributed by atoms with E-state index in [9.17, 15) is 9.18 Å². The Balaban J connectivity index is 1.61. The Labute approximate surface area is 142 Å². The van der Waals surface area contributed by atoms with Gasteiger partial charge in [0.25, 0.3) is 5.91 Å². The van der Waals surface area contributed by atoms with Crippen molar-refractivity contribution in [2.45, 2.75) is 38.6 Å². The van der Waals surface area contributed by atoms with Gasteiger partial charge < -0.3 is 9.80 Å². The van der Waals surface area contributed by atoms with Crippen LogP contribution in [0.3, 0.4) is 0 Å². The smallest absolute Gasteiger partial charge is 0.254 e. The van der Waals surface area contributed by atoms with Gasteiger partial charge in [0, 0.05) is 24.7 Å². The van der Waals surface area contributed by atoms with E-state index in [1.165, 1.54) is 38.1 Å². The molecule has 0 saturated carbocycles. The number of hydrogen-bond acceptors (Lipinski definition) is 3. The van der Waals surface area contributed by atoms with Crippen LogP contribution in [0.5, 0.6) is 0 Å². The lowest BCUT2D eigenvalue weighted by atomic mass is 9.89. The lowest BCUT2D eigenvalue weighted by molar-refractivity contribution is 0.0623. The van der Waals surface area contributed by atoms with Gasteiger partial charge in [0.2, 0.25) is 0 Å². The Morgan fingerprint density at radius 1 is 1.21 bits per heavy atom. The Morgan fingerprint density at radius 2 is 1.88 bits per heavy atom. The van der Waals surface area contributed by atoms with Crippen LogP contribution in [-0.4, -0.2) is 47.9 Å². The zero-order valence-electron chi connectivity index (χ0n) is 14.2. The number of rotatable bonds is 3. The summed E-state index contributed by atoms with van der Waals surface area (Å²) in [7, 11) is 0. The highest BCUT2D eigenvalue weighted by Crippen LogP contribution is 2.27. The lowest BCUT2D eigenvalue weighted by Crippen LogP contribution is -2.45. The second-order valence-corrected chi connectivity index (χ2v) is 6.95. The fourth-order valence-electron chi connectivity index (χ4n) is 3.99. The summed E-state index contributed by atoms with van der Waals surface area (Å²) in [5.41, 5.74) is 0.466. The molecule has 0 spiro atoms. The summed E-state index contributed by atoms with van der Waals surface area (Å²) in [4.78, 5) is 17.0. The summed E-state index contributed by atoms with van der Waals surface area (Å²) in [5.74, 6) is -0.0810. The molecule has 1 atom stereocenters. The molecule has 2 saturated heterocycles. The maximum absolute atomic E-state index is 13.6. The Bertz CT molecular complexity index is 641. The number of carbonyl (C=O) groups excluding carboxylic acids is 1. The molecule has 0 aliphatic carbocycles. The van der Waals surface area contributed by atoms with E-state index in [2.05, 4.69) is 11.8 Å². The summed E-state index contributed by atoms with van der Waals surface area (Å²) >= 11 is 0. The van der Waals surface area contributed by atoms with Crippen LogP contribution in [0.25, 0.3) is 0 Å². The molecule has 2 heterocycles. The number of nitrogens with zero attached hydrogens (tertiary/aromatic N) is 3. The minimum absolute atomic E-state index is 0.168. The van der Waals surface area contributed by atoms with Gasteiger partial charge in [-0.2, -0.15) is 5.26 Å². The first-order chi connectivity index (χ1) is 11.6. The van der Waals surface area contributed by atoms with Crippen LogP contribution in [0.1, 0.15) is 48.5 Å². The largest absolute Gasteiger partial charge is 0.339 e. The predicted molar refractivity (Wildman–Crippen MR) is 90.0 cm³/mol. The first-order valence-electron chi connectivity index (χ1n) is 8.82. The highest BCUT2D eigenvalue weighted by molar-refractivity contribution is 5.94. The number of carbonyl (C=O) groups is 1. The number of likely N-dealkylation sites (tertiary alicyclic amines) is 2. The third-order valence-electron chi connectivity index (χ3n) is 5.50. The zero-order valence-corrected chi connectivity index (χ0v) is 14.2. The van der Waals surface area contributed by atoms with E-state index in [0.29, 0.717) is 25.0 Å². The Hall–Kier alpha value is -1.93. The molecule has 0 aromatic heterocycles. The summed E-state index contributed by atoms with van der Waals surface area (Å²) in [6.07, 6.45) is 4.57. The predicted octanol–water partition coefficient (Wildman–Crippen LogP) is 3.03. The van der Waals surface area contributed by atoms with E-state index in [1.54, 1.807) is 4.90 Å². The van der Waals surface area contributed by atoms with Gasteiger partial charge in [0.15, 0.2) is 0 Å². The molecule has 2 aliphatic rings. The van der Waals surface area contributed by atoms with Gasteiger partial charge in [-0.15, -0.1) is 0 Å². The van der Waals surface area contributed by atoms with Gasteiger partial charge in [-0.25, -0.2) is 4.39 Å². The lowest BCUT2D eigenvalue weighted by Gasteiger charge is -2.38. The molecule has 1 unspecified atom stereocenters. The maximum atomic E-state index is 13.6. The standard InChI is InChI=1S/C19H24FN3O/c1-14(22-6-2-3-7-22)16-4-8-23(9-5-16)19(24)17-10-15(13-21)11-18(20)12-17/h10-12,14,16H,2-9H2,1H3. The molecule has 3 rings (SSSR count). The molecule has 1 amide bonds. The van der Waals surface area contributed by atoms with Crippen molar-refractivity contribution in [3.05, 3.63) is 35.1 Å². The second kappa shape index (κ2) is 7.31. The highest BCUT2D eigenvalue weighted by atomic mass is 19.1. The molecule has 0 bridgehead atoms. The van der Waals surface area contributed by atoms with E-state index < -0.39 is 5.82 Å². The van der Waals surface area contributed by atoms with Crippen LogP contribution >= 0.6 is 0 Å². The molecule has 2 fully saturated rings. The molecular weight excluding hydrogens is 305 g/mol. The molecule has 24 heavy (non-hydrogen) atoms. The summed E-state index contributed by atoms with van der Waals surface area (Å²) in [5, 5.41) is 8.93. The van der Waals surface area contributed by atoms with Crippen molar-refractivity contribution in [2.24, 2.45) is 5.92 Å². The van der Waals surface area contributed by atoms with Gasteiger partial charge in [0.05, 0.1) is 11.6 Å². The fourth-order valence-corrected chi connectivity index (χ4v) is 3.99. The summed E-state index contributed by atoms with van der Waals surface area (Å²) in [6, 6.07) is 6.33. The number of hydrogen-bond donors (Lipinski definition) is 0. The normalized spacial score (nSPS) is 20.8. The van der Waals surface area contributed by atoms with Crippen LogP contribution in [0, 0.1) is 23.1 Å². The third-order valence-corrected chi connectivity index (χ3v) is 5.50. The quantitative estimate of drug-likeness (QED) is 0.856. The minimum atomic E-state index is -0.532.